The molecule has 0 radical (unpaired) electrons. The van der Waals surface area contributed by atoms with Crippen LogP contribution in [0.2, 0.25) is 0 Å². The van der Waals surface area contributed by atoms with Crippen molar-refractivity contribution < 1.29 is 9.90 Å². The summed E-state index contributed by atoms with van der Waals surface area (Å²) in [4.78, 5) is 18.7. The Bertz CT molecular complexity index is 519. The second-order valence-electron chi connectivity index (χ2n) is 6.07. The van der Waals surface area contributed by atoms with Crippen LogP contribution in [-0.2, 0) is 11.2 Å². The van der Waals surface area contributed by atoms with E-state index in [2.05, 4.69) is 21.1 Å². The molecule has 1 aromatic rings. The zero-order valence-corrected chi connectivity index (χ0v) is 13.4. The fourth-order valence-corrected chi connectivity index (χ4v) is 2.89. The minimum Gasteiger partial charge on any atom is -0.396 e. The molecule has 5 heteroatoms. The molecule has 23 heavy (non-hydrogen) atoms. The number of rotatable bonds is 7. The molecule has 2 heterocycles. The Balaban J connectivity index is 1.74. The van der Waals surface area contributed by atoms with Crippen LogP contribution in [0.15, 0.2) is 24.4 Å². The van der Waals surface area contributed by atoms with Gasteiger partial charge in [0.15, 0.2) is 0 Å². The monoisotopic (exact) mass is 315 g/mol. The van der Waals surface area contributed by atoms with Gasteiger partial charge in [-0.3, -0.25) is 14.7 Å². The third-order valence-electron chi connectivity index (χ3n) is 4.32. The first-order chi connectivity index (χ1) is 11.2. The molecule has 1 aliphatic heterocycles. The summed E-state index contributed by atoms with van der Waals surface area (Å²) in [5, 5.41) is 12.5. The molecule has 2 rings (SSSR count). The third kappa shape index (κ3) is 5.66. The molecule has 1 amide bonds. The van der Waals surface area contributed by atoms with Crippen LogP contribution in [0.1, 0.15) is 18.5 Å². The zero-order valence-electron chi connectivity index (χ0n) is 13.4. The van der Waals surface area contributed by atoms with E-state index in [1.54, 1.807) is 6.20 Å². The average Bonchev–Trinajstić information content (AvgIpc) is 2.60. The second kappa shape index (κ2) is 9.29. The summed E-state index contributed by atoms with van der Waals surface area (Å²) in [6, 6.07) is 5.73. The Hall–Kier alpha value is -1.90. The second-order valence-corrected chi connectivity index (χ2v) is 6.07. The highest BCUT2D eigenvalue weighted by molar-refractivity contribution is 5.78. The number of aromatic nitrogens is 1. The summed E-state index contributed by atoms with van der Waals surface area (Å²) in [5.41, 5.74) is 0.934. The van der Waals surface area contributed by atoms with Crippen molar-refractivity contribution in [3.8, 4) is 12.3 Å². The van der Waals surface area contributed by atoms with Gasteiger partial charge in [0.2, 0.25) is 5.91 Å². The number of nitrogens with one attached hydrogen (secondary N) is 1. The van der Waals surface area contributed by atoms with E-state index in [1.807, 2.05) is 18.2 Å². The number of likely N-dealkylation sites (tertiary alicyclic amines) is 1. The number of aliphatic hydroxyl groups is 1. The summed E-state index contributed by atoms with van der Waals surface area (Å²) < 4.78 is 0. The van der Waals surface area contributed by atoms with Crippen LogP contribution in [-0.4, -0.2) is 53.7 Å². The van der Waals surface area contributed by atoms with Gasteiger partial charge in [0.1, 0.15) is 0 Å². The van der Waals surface area contributed by atoms with Crippen LogP contribution < -0.4 is 5.32 Å². The number of aliphatic hydroxyl groups excluding tert-OH is 1. The highest BCUT2D eigenvalue weighted by Crippen LogP contribution is 2.17. The van der Waals surface area contributed by atoms with Crippen molar-refractivity contribution >= 4 is 5.91 Å². The zero-order chi connectivity index (χ0) is 16.5. The van der Waals surface area contributed by atoms with E-state index in [4.69, 9.17) is 6.42 Å². The highest BCUT2D eigenvalue weighted by atomic mass is 16.3. The summed E-state index contributed by atoms with van der Waals surface area (Å²) in [7, 11) is 0. The lowest BCUT2D eigenvalue weighted by Crippen LogP contribution is -2.42. The Morgan fingerprint density at radius 1 is 1.48 bits per heavy atom. The first-order valence-corrected chi connectivity index (χ1v) is 8.17. The van der Waals surface area contributed by atoms with Crippen molar-refractivity contribution in [1.29, 1.82) is 0 Å². The molecule has 1 aromatic heterocycles. The number of carbonyl (C=O) groups excluding carboxylic acids is 1. The van der Waals surface area contributed by atoms with Gasteiger partial charge in [0.05, 0.1) is 6.54 Å². The minimum atomic E-state index is -0.00428. The lowest BCUT2D eigenvalue weighted by molar-refractivity contribution is -0.126. The first kappa shape index (κ1) is 17.5. The molecule has 0 bridgehead atoms. The molecule has 1 saturated heterocycles. The van der Waals surface area contributed by atoms with Gasteiger partial charge in [-0.1, -0.05) is 12.0 Å². The molecule has 5 nitrogen and oxygen atoms in total. The van der Waals surface area contributed by atoms with Crippen molar-refractivity contribution in [2.45, 2.75) is 19.3 Å². The average molecular weight is 315 g/mol. The van der Waals surface area contributed by atoms with E-state index in [0.717, 1.165) is 31.6 Å². The summed E-state index contributed by atoms with van der Waals surface area (Å²) in [5.74, 6) is 2.78. The highest BCUT2D eigenvalue weighted by Gasteiger charge is 2.24. The molecule has 0 spiro atoms. The van der Waals surface area contributed by atoms with Gasteiger partial charge in [-0.05, 0) is 44.5 Å². The van der Waals surface area contributed by atoms with Gasteiger partial charge in [0.25, 0.3) is 0 Å². The van der Waals surface area contributed by atoms with Gasteiger partial charge in [-0.2, -0.15) is 0 Å². The van der Waals surface area contributed by atoms with Crippen molar-refractivity contribution in [2.24, 2.45) is 11.8 Å². The Morgan fingerprint density at radius 2 is 2.26 bits per heavy atom. The topological polar surface area (TPSA) is 65.5 Å². The fourth-order valence-electron chi connectivity index (χ4n) is 2.89. The van der Waals surface area contributed by atoms with Crippen LogP contribution in [0.25, 0.3) is 0 Å². The van der Waals surface area contributed by atoms with Crippen molar-refractivity contribution in [3.63, 3.8) is 0 Å². The quantitative estimate of drug-likeness (QED) is 0.727. The number of amides is 1. The molecule has 124 valence electrons. The van der Waals surface area contributed by atoms with Crippen molar-refractivity contribution in [1.82, 2.24) is 15.2 Å². The van der Waals surface area contributed by atoms with E-state index in [1.165, 1.54) is 0 Å². The summed E-state index contributed by atoms with van der Waals surface area (Å²) in [6.07, 6.45) is 9.41. The maximum Gasteiger partial charge on any atom is 0.223 e. The summed E-state index contributed by atoms with van der Waals surface area (Å²) >= 11 is 0. The summed E-state index contributed by atoms with van der Waals surface area (Å²) in [6.45, 7) is 2.93. The first-order valence-electron chi connectivity index (χ1n) is 8.17. The molecular formula is C18H25N3O2. The third-order valence-corrected chi connectivity index (χ3v) is 4.32. The number of pyridine rings is 1. The normalized spacial score (nSPS) is 17.4. The van der Waals surface area contributed by atoms with Crippen LogP contribution in [0.5, 0.6) is 0 Å². The van der Waals surface area contributed by atoms with E-state index >= 15 is 0 Å². The minimum absolute atomic E-state index is 0.00428. The molecule has 2 N–H and O–H groups in total. The van der Waals surface area contributed by atoms with E-state index in [9.17, 15) is 9.90 Å². The number of hydrogen-bond donors (Lipinski definition) is 2. The van der Waals surface area contributed by atoms with Gasteiger partial charge in [-0.25, -0.2) is 0 Å². The van der Waals surface area contributed by atoms with E-state index in [0.29, 0.717) is 19.5 Å². The van der Waals surface area contributed by atoms with Gasteiger partial charge in [-0.15, -0.1) is 6.42 Å². The van der Waals surface area contributed by atoms with Crippen LogP contribution in [0, 0.1) is 24.2 Å². The number of piperidine rings is 1. The van der Waals surface area contributed by atoms with Gasteiger partial charge in [0, 0.05) is 36.9 Å². The van der Waals surface area contributed by atoms with E-state index in [-0.39, 0.29) is 24.3 Å². The predicted octanol–water partition coefficient (Wildman–Crippen LogP) is 0.694. The molecular weight excluding hydrogens is 290 g/mol. The van der Waals surface area contributed by atoms with Gasteiger partial charge < -0.3 is 10.4 Å². The number of nitrogens with zero attached hydrogens (tertiary/aromatic N) is 2. The van der Waals surface area contributed by atoms with Crippen molar-refractivity contribution in [2.75, 3.05) is 32.8 Å². The Morgan fingerprint density at radius 3 is 2.87 bits per heavy atom. The number of terminal acetylenes is 1. The predicted molar refractivity (Wildman–Crippen MR) is 89.5 cm³/mol. The largest absolute Gasteiger partial charge is 0.396 e. The van der Waals surface area contributed by atoms with Crippen LogP contribution in [0.4, 0.5) is 0 Å². The molecule has 0 aromatic carbocycles. The molecule has 1 fully saturated rings. The fraction of sp³-hybridized carbons (Fsp3) is 0.556. The van der Waals surface area contributed by atoms with Crippen LogP contribution >= 0.6 is 0 Å². The van der Waals surface area contributed by atoms with E-state index < -0.39 is 0 Å². The standard InChI is InChI=1S/C18H25N3O2/c1-2-9-21-10-6-16(7-11-21)18(23)20-13-15(14-22)12-17-5-3-4-8-19-17/h1,3-5,8,15-16,22H,6-7,9-14H2,(H,20,23). The number of carbonyl (C=O) groups is 1. The maximum atomic E-state index is 12.3. The molecule has 1 unspecified atom stereocenters. The smallest absolute Gasteiger partial charge is 0.223 e. The molecule has 1 atom stereocenters. The SMILES string of the molecule is C#CCN1CCC(C(=O)NCC(CO)Cc2ccccn2)CC1. The lowest BCUT2D eigenvalue weighted by Gasteiger charge is -2.30. The molecule has 0 aliphatic carbocycles. The van der Waals surface area contributed by atoms with Crippen LogP contribution in [0.3, 0.4) is 0 Å². The Labute approximate surface area is 138 Å². The number of hydrogen-bond acceptors (Lipinski definition) is 4. The maximum absolute atomic E-state index is 12.3. The Kier molecular flexibility index (Phi) is 7.05. The van der Waals surface area contributed by atoms with Gasteiger partial charge >= 0.3 is 0 Å². The molecule has 1 aliphatic rings. The van der Waals surface area contributed by atoms with Crippen molar-refractivity contribution in [3.05, 3.63) is 30.1 Å². The lowest BCUT2D eigenvalue weighted by atomic mass is 9.95. The molecule has 0 saturated carbocycles.